The maximum Gasteiger partial charge on any atom is 0.122 e. The molecule has 6 aliphatic rings. The summed E-state index contributed by atoms with van der Waals surface area (Å²) >= 11 is 0. The van der Waals surface area contributed by atoms with Crippen LogP contribution >= 0.6 is 0 Å². The van der Waals surface area contributed by atoms with Crippen molar-refractivity contribution in [2.75, 3.05) is 33.7 Å². The Kier molecular flexibility index (Phi) is 6.09. The van der Waals surface area contributed by atoms with Gasteiger partial charge in [0.2, 0.25) is 0 Å². The number of ether oxygens (including phenoxy) is 2. The van der Waals surface area contributed by atoms with E-state index in [0.717, 1.165) is 44.4 Å². The SMILES string of the molecule is CN1C2CCC(OC3CCCN4CCC3C4)C1CC(OC13CCC(O)CC(CC1)N3C)C2. The van der Waals surface area contributed by atoms with Crippen molar-refractivity contribution in [2.45, 2.75) is 125 Å². The largest absolute Gasteiger partial charge is 0.393 e. The molecule has 0 aromatic carbocycles. The second kappa shape index (κ2) is 8.76. The summed E-state index contributed by atoms with van der Waals surface area (Å²) in [5, 5.41) is 10.4. The molecule has 10 atom stereocenters. The van der Waals surface area contributed by atoms with E-state index in [1.807, 2.05) is 0 Å². The van der Waals surface area contributed by atoms with Crippen LogP contribution in [0, 0.1) is 5.92 Å². The normalized spacial score (nSPS) is 52.0. The molecule has 6 rings (SSSR count). The van der Waals surface area contributed by atoms with Crippen LogP contribution in [0.3, 0.4) is 0 Å². The van der Waals surface area contributed by atoms with Gasteiger partial charge < -0.3 is 19.5 Å². The zero-order chi connectivity index (χ0) is 21.9. The molecule has 10 unspecified atom stereocenters. The molecule has 1 N–H and O–H groups in total. The van der Waals surface area contributed by atoms with E-state index in [1.54, 1.807) is 0 Å². The molecule has 0 spiro atoms. The van der Waals surface area contributed by atoms with Gasteiger partial charge in [0.05, 0.1) is 24.4 Å². The fourth-order valence-corrected chi connectivity index (χ4v) is 8.34. The quantitative estimate of drug-likeness (QED) is 0.715. The van der Waals surface area contributed by atoms with Gasteiger partial charge >= 0.3 is 0 Å². The zero-order valence-corrected chi connectivity index (χ0v) is 20.3. The van der Waals surface area contributed by atoms with Crippen LogP contribution in [0.5, 0.6) is 0 Å². The summed E-state index contributed by atoms with van der Waals surface area (Å²) in [6, 6.07) is 1.60. The first-order valence-corrected chi connectivity index (χ1v) is 13.7. The van der Waals surface area contributed by atoms with Gasteiger partial charge in [-0.05, 0) is 110 Å². The minimum atomic E-state index is -0.158. The van der Waals surface area contributed by atoms with Gasteiger partial charge in [-0.3, -0.25) is 9.80 Å². The van der Waals surface area contributed by atoms with Crippen LogP contribution in [-0.2, 0) is 9.47 Å². The average molecular weight is 448 g/mol. The van der Waals surface area contributed by atoms with Gasteiger partial charge in [0.15, 0.2) is 0 Å². The van der Waals surface area contributed by atoms with E-state index in [2.05, 4.69) is 28.8 Å². The Morgan fingerprint density at radius 2 is 1.72 bits per heavy atom. The predicted octanol–water partition coefficient (Wildman–Crippen LogP) is 2.83. The van der Waals surface area contributed by atoms with Crippen molar-refractivity contribution in [1.29, 1.82) is 0 Å². The molecule has 6 saturated heterocycles. The number of nitrogens with zero attached hydrogens (tertiary/aromatic N) is 3. The van der Waals surface area contributed by atoms with Gasteiger partial charge in [0.25, 0.3) is 0 Å². The Morgan fingerprint density at radius 1 is 0.844 bits per heavy atom. The minimum absolute atomic E-state index is 0.151. The minimum Gasteiger partial charge on any atom is -0.393 e. The van der Waals surface area contributed by atoms with Crippen molar-refractivity contribution in [1.82, 2.24) is 14.7 Å². The smallest absolute Gasteiger partial charge is 0.122 e. The summed E-state index contributed by atoms with van der Waals surface area (Å²) in [4.78, 5) is 7.78. The highest BCUT2D eigenvalue weighted by Crippen LogP contribution is 2.46. The lowest BCUT2D eigenvalue weighted by Crippen LogP contribution is -2.60. The lowest BCUT2D eigenvalue weighted by atomic mass is 9.81. The zero-order valence-electron chi connectivity index (χ0n) is 20.3. The Hall–Kier alpha value is -0.240. The van der Waals surface area contributed by atoms with Gasteiger partial charge in [0.1, 0.15) is 5.72 Å². The lowest BCUT2D eigenvalue weighted by molar-refractivity contribution is -0.206. The Labute approximate surface area is 194 Å². The van der Waals surface area contributed by atoms with Crippen molar-refractivity contribution in [3.8, 4) is 0 Å². The maximum atomic E-state index is 10.4. The van der Waals surface area contributed by atoms with Crippen LogP contribution in [0.25, 0.3) is 0 Å². The summed E-state index contributed by atoms with van der Waals surface area (Å²) in [6.07, 6.45) is 14.6. The van der Waals surface area contributed by atoms with E-state index in [9.17, 15) is 5.11 Å². The Balaban J connectivity index is 1.14. The van der Waals surface area contributed by atoms with E-state index >= 15 is 0 Å². The number of aliphatic hydroxyl groups is 1. The predicted molar refractivity (Wildman–Crippen MR) is 124 cm³/mol. The topological polar surface area (TPSA) is 48.4 Å². The molecule has 0 radical (unpaired) electrons. The summed E-state index contributed by atoms with van der Waals surface area (Å²) in [5.74, 6) is 0.747. The maximum absolute atomic E-state index is 10.4. The van der Waals surface area contributed by atoms with Gasteiger partial charge in [-0.25, -0.2) is 0 Å². The number of hydrogen-bond acceptors (Lipinski definition) is 6. The molecule has 6 heterocycles. The van der Waals surface area contributed by atoms with E-state index < -0.39 is 0 Å². The standard InChI is InChI=1S/C26H45N3O3/c1-27-19-5-6-25(31-24-4-3-12-29-13-9-18(24)17-29)23(27)16-22(15-19)32-26-10-7-20(28(26)2)14-21(30)8-11-26/h18-25,30H,3-17H2,1-2H3. The molecule has 0 aromatic rings. The lowest BCUT2D eigenvalue weighted by Gasteiger charge is -2.52. The van der Waals surface area contributed by atoms with Crippen LogP contribution in [0.2, 0.25) is 0 Å². The van der Waals surface area contributed by atoms with Gasteiger partial charge in [-0.2, -0.15) is 0 Å². The fourth-order valence-electron chi connectivity index (χ4n) is 8.34. The molecular weight excluding hydrogens is 402 g/mol. The molecular formula is C26H45N3O3. The first-order valence-electron chi connectivity index (χ1n) is 13.7. The first kappa shape index (κ1) is 22.2. The van der Waals surface area contributed by atoms with Crippen molar-refractivity contribution in [3.63, 3.8) is 0 Å². The Bertz CT molecular complexity index is 679. The van der Waals surface area contributed by atoms with Crippen molar-refractivity contribution < 1.29 is 14.6 Å². The molecule has 32 heavy (non-hydrogen) atoms. The van der Waals surface area contributed by atoms with Gasteiger partial charge in [-0.15, -0.1) is 0 Å². The number of piperidine rings is 2. The molecule has 0 saturated carbocycles. The number of fused-ring (bicyclic) bond motifs is 6. The monoisotopic (exact) mass is 447 g/mol. The summed E-state index contributed by atoms with van der Waals surface area (Å²) in [5.41, 5.74) is -0.151. The van der Waals surface area contributed by atoms with E-state index in [0.29, 0.717) is 36.4 Å². The second-order valence-corrected chi connectivity index (χ2v) is 12.1. The molecule has 6 nitrogen and oxygen atoms in total. The third-order valence-corrected chi connectivity index (χ3v) is 10.4. The Morgan fingerprint density at radius 3 is 2.62 bits per heavy atom. The number of rotatable bonds is 4. The molecule has 182 valence electrons. The van der Waals surface area contributed by atoms with Crippen molar-refractivity contribution in [3.05, 3.63) is 0 Å². The number of hydrogen-bond donors (Lipinski definition) is 1. The van der Waals surface area contributed by atoms with Crippen LogP contribution in [-0.4, -0.2) is 102 Å². The molecule has 0 aliphatic carbocycles. The third-order valence-electron chi connectivity index (χ3n) is 10.4. The van der Waals surface area contributed by atoms with Crippen molar-refractivity contribution >= 4 is 0 Å². The molecule has 6 bridgehead atoms. The summed E-state index contributed by atoms with van der Waals surface area (Å²) in [7, 11) is 4.58. The van der Waals surface area contributed by atoms with Gasteiger partial charge in [-0.1, -0.05) is 0 Å². The molecule has 6 fully saturated rings. The van der Waals surface area contributed by atoms with E-state index in [4.69, 9.17) is 9.47 Å². The second-order valence-electron chi connectivity index (χ2n) is 12.1. The van der Waals surface area contributed by atoms with E-state index in [1.165, 1.54) is 58.2 Å². The highest BCUT2D eigenvalue weighted by molar-refractivity contribution is 5.01. The third kappa shape index (κ3) is 3.97. The molecule has 6 aliphatic heterocycles. The van der Waals surface area contributed by atoms with Crippen LogP contribution < -0.4 is 0 Å². The van der Waals surface area contributed by atoms with E-state index in [-0.39, 0.29) is 11.8 Å². The first-order chi connectivity index (χ1) is 15.5. The molecule has 0 aromatic heterocycles. The summed E-state index contributed by atoms with van der Waals surface area (Å²) in [6.45, 7) is 3.81. The number of aliphatic hydroxyl groups excluding tert-OH is 1. The molecule has 6 heteroatoms. The molecule has 0 amide bonds. The highest BCUT2D eigenvalue weighted by Gasteiger charge is 2.51. The van der Waals surface area contributed by atoms with Gasteiger partial charge in [0, 0.05) is 24.7 Å². The summed E-state index contributed by atoms with van der Waals surface area (Å²) < 4.78 is 14.1. The fraction of sp³-hybridized carbons (Fsp3) is 1.00. The van der Waals surface area contributed by atoms with Crippen LogP contribution in [0.15, 0.2) is 0 Å². The number of likely N-dealkylation sites (N-methyl/N-ethyl adjacent to an activating group) is 1. The van der Waals surface area contributed by atoms with Crippen molar-refractivity contribution in [2.24, 2.45) is 5.92 Å². The average Bonchev–Trinajstić information content (AvgIpc) is 3.23. The highest BCUT2D eigenvalue weighted by atomic mass is 16.5. The van der Waals surface area contributed by atoms with Crippen LogP contribution in [0.4, 0.5) is 0 Å². The van der Waals surface area contributed by atoms with Crippen LogP contribution in [0.1, 0.15) is 77.0 Å².